The lowest BCUT2D eigenvalue weighted by Crippen LogP contribution is -2.36. The first-order valence-corrected chi connectivity index (χ1v) is 11.7. The van der Waals surface area contributed by atoms with E-state index in [1.165, 1.54) is 0 Å². The van der Waals surface area contributed by atoms with Crippen molar-refractivity contribution in [3.8, 4) is 16.9 Å². The van der Waals surface area contributed by atoms with Crippen LogP contribution in [0.1, 0.15) is 11.4 Å². The van der Waals surface area contributed by atoms with Crippen LogP contribution >= 0.6 is 0 Å². The fraction of sp³-hybridized carbons (Fsp3) is 0.185. The molecule has 9 heteroatoms. The van der Waals surface area contributed by atoms with Crippen molar-refractivity contribution in [2.75, 3.05) is 41.9 Å². The van der Waals surface area contributed by atoms with Crippen LogP contribution in [0.5, 0.6) is 5.75 Å². The molecule has 0 radical (unpaired) electrons. The van der Waals surface area contributed by atoms with E-state index in [1.807, 2.05) is 61.5 Å². The van der Waals surface area contributed by atoms with E-state index in [2.05, 4.69) is 35.7 Å². The number of anilines is 4. The average Bonchev–Trinajstić information content (AvgIpc) is 2.90. The predicted octanol–water partition coefficient (Wildman–Crippen LogP) is 4.58. The maximum absolute atomic E-state index is 9.69. The summed E-state index contributed by atoms with van der Waals surface area (Å²) in [6, 6.07) is 21.0. The summed E-state index contributed by atoms with van der Waals surface area (Å²) in [5.74, 6) is 1.57. The Balaban J connectivity index is 1.18. The number of aromatic hydroxyl groups is 1. The number of aryl methyl sites for hydroxylation is 1. The Morgan fingerprint density at radius 2 is 1.75 bits per heavy atom. The van der Waals surface area contributed by atoms with Crippen molar-refractivity contribution in [3.05, 3.63) is 84.3 Å². The average molecular weight is 482 g/mol. The zero-order valence-corrected chi connectivity index (χ0v) is 19.9. The van der Waals surface area contributed by atoms with E-state index >= 15 is 0 Å². The summed E-state index contributed by atoms with van der Waals surface area (Å²) in [5, 5.41) is 17.3. The monoisotopic (exact) mass is 481 g/mol. The number of ether oxygens (including phenoxy) is 1. The fourth-order valence-corrected chi connectivity index (χ4v) is 3.87. The highest BCUT2D eigenvalue weighted by molar-refractivity contribution is 5.78. The molecule has 9 nitrogen and oxygen atoms in total. The van der Waals surface area contributed by atoms with Crippen molar-refractivity contribution in [3.63, 3.8) is 0 Å². The minimum atomic E-state index is 0.253. The molecule has 4 aromatic rings. The number of phenols is 1. The topological polar surface area (TPSA) is 108 Å². The number of phenolic OH excluding ortho intramolecular Hbond substituents is 1. The van der Waals surface area contributed by atoms with E-state index in [0.29, 0.717) is 24.9 Å². The number of aromatic nitrogens is 3. The van der Waals surface area contributed by atoms with E-state index < -0.39 is 0 Å². The fourth-order valence-electron chi connectivity index (χ4n) is 3.87. The zero-order chi connectivity index (χ0) is 24.7. The Hall–Kier alpha value is -4.50. The summed E-state index contributed by atoms with van der Waals surface area (Å²) in [6.45, 7) is 4.96. The molecule has 1 fully saturated rings. The summed E-state index contributed by atoms with van der Waals surface area (Å²) in [4.78, 5) is 15.6. The lowest BCUT2D eigenvalue weighted by molar-refractivity contribution is 0.122. The molecular formula is C27H27N7O2. The zero-order valence-electron chi connectivity index (χ0n) is 19.9. The summed E-state index contributed by atoms with van der Waals surface area (Å²) in [6.07, 6.45) is 3.39. The van der Waals surface area contributed by atoms with Crippen molar-refractivity contribution < 1.29 is 9.84 Å². The molecule has 3 N–H and O–H groups in total. The molecule has 5 rings (SSSR count). The Kier molecular flexibility index (Phi) is 7.00. The van der Waals surface area contributed by atoms with Gasteiger partial charge in [0.05, 0.1) is 37.0 Å². The molecule has 1 saturated heterocycles. The van der Waals surface area contributed by atoms with Crippen molar-refractivity contribution in [1.29, 1.82) is 0 Å². The lowest BCUT2D eigenvalue weighted by atomic mass is 10.1. The number of hydrogen-bond donors (Lipinski definition) is 3. The number of benzene rings is 2. The van der Waals surface area contributed by atoms with Gasteiger partial charge >= 0.3 is 0 Å². The van der Waals surface area contributed by atoms with E-state index in [0.717, 1.165) is 47.1 Å². The standard InChI is InChI=1S/C27H27N7O2/c1-19-15-26(34-11-13-36-14-12-34)32-27(30-19)33-29-18-23-9-10-24(17-28-23)31-22-7-5-20(6-8-22)21-3-2-4-25(35)16-21/h2-10,15-18,31,35H,11-14H2,1H3,(H,30,32,33)/b29-18+. The van der Waals surface area contributed by atoms with Crippen molar-refractivity contribution >= 4 is 29.4 Å². The third kappa shape index (κ3) is 5.94. The van der Waals surface area contributed by atoms with Gasteiger partial charge in [0.1, 0.15) is 11.6 Å². The van der Waals surface area contributed by atoms with Gasteiger partial charge in [-0.1, -0.05) is 24.3 Å². The molecule has 0 aliphatic carbocycles. The molecule has 0 atom stereocenters. The molecule has 0 spiro atoms. The minimum absolute atomic E-state index is 0.253. The van der Waals surface area contributed by atoms with Gasteiger partial charge in [-0.05, 0) is 54.4 Å². The number of nitrogens with one attached hydrogen (secondary N) is 2. The molecule has 1 aliphatic heterocycles. The van der Waals surface area contributed by atoms with Crippen LogP contribution in [0.3, 0.4) is 0 Å². The Morgan fingerprint density at radius 1 is 0.944 bits per heavy atom. The second-order valence-electron chi connectivity index (χ2n) is 8.38. The van der Waals surface area contributed by atoms with E-state index in [1.54, 1.807) is 24.5 Å². The second kappa shape index (κ2) is 10.8. The molecule has 2 aromatic carbocycles. The number of hydrogen-bond acceptors (Lipinski definition) is 9. The van der Waals surface area contributed by atoms with Gasteiger partial charge in [0, 0.05) is 30.5 Å². The van der Waals surface area contributed by atoms with Crippen LogP contribution in [0.4, 0.5) is 23.1 Å². The lowest BCUT2D eigenvalue weighted by Gasteiger charge is -2.28. The highest BCUT2D eigenvalue weighted by atomic mass is 16.5. The number of rotatable bonds is 7. The summed E-state index contributed by atoms with van der Waals surface area (Å²) in [7, 11) is 0. The summed E-state index contributed by atoms with van der Waals surface area (Å²) < 4.78 is 5.42. The van der Waals surface area contributed by atoms with Gasteiger partial charge in [-0.2, -0.15) is 10.1 Å². The molecule has 3 heterocycles. The molecule has 182 valence electrons. The molecule has 36 heavy (non-hydrogen) atoms. The third-order valence-corrected chi connectivity index (χ3v) is 5.68. The van der Waals surface area contributed by atoms with Crippen LogP contribution in [0.15, 0.2) is 78.0 Å². The van der Waals surface area contributed by atoms with Crippen LogP contribution in [0.25, 0.3) is 11.1 Å². The van der Waals surface area contributed by atoms with Gasteiger partial charge in [-0.25, -0.2) is 10.4 Å². The Labute approximate surface area is 209 Å². The predicted molar refractivity (Wildman–Crippen MR) is 142 cm³/mol. The molecule has 0 saturated carbocycles. The molecule has 1 aliphatic rings. The molecule has 0 unspecified atom stereocenters. The van der Waals surface area contributed by atoms with Gasteiger partial charge < -0.3 is 20.1 Å². The molecular weight excluding hydrogens is 454 g/mol. The van der Waals surface area contributed by atoms with Crippen LogP contribution in [0.2, 0.25) is 0 Å². The van der Waals surface area contributed by atoms with E-state index in [9.17, 15) is 5.11 Å². The second-order valence-corrected chi connectivity index (χ2v) is 8.38. The van der Waals surface area contributed by atoms with Crippen molar-refractivity contribution in [2.24, 2.45) is 5.10 Å². The van der Waals surface area contributed by atoms with Crippen molar-refractivity contribution in [2.45, 2.75) is 6.92 Å². The van der Waals surface area contributed by atoms with Crippen LogP contribution in [-0.4, -0.2) is 52.6 Å². The van der Waals surface area contributed by atoms with Gasteiger partial charge in [-0.3, -0.25) is 4.98 Å². The third-order valence-electron chi connectivity index (χ3n) is 5.68. The summed E-state index contributed by atoms with van der Waals surface area (Å²) in [5.41, 5.74) is 8.28. The van der Waals surface area contributed by atoms with E-state index in [-0.39, 0.29) is 5.75 Å². The number of pyridine rings is 1. The normalized spacial score (nSPS) is 13.6. The first-order chi connectivity index (χ1) is 17.6. The van der Waals surface area contributed by atoms with Gasteiger partial charge in [-0.15, -0.1) is 0 Å². The molecule has 0 amide bonds. The van der Waals surface area contributed by atoms with Crippen LogP contribution in [0, 0.1) is 6.92 Å². The Bertz CT molecular complexity index is 1340. The number of morpholine rings is 1. The van der Waals surface area contributed by atoms with Gasteiger partial charge in [0.25, 0.3) is 0 Å². The van der Waals surface area contributed by atoms with Crippen molar-refractivity contribution in [1.82, 2.24) is 15.0 Å². The molecule has 0 bridgehead atoms. The van der Waals surface area contributed by atoms with Crippen LogP contribution < -0.4 is 15.6 Å². The quantitative estimate of drug-likeness (QED) is 0.260. The maximum atomic E-state index is 9.69. The largest absolute Gasteiger partial charge is 0.508 e. The smallest absolute Gasteiger partial charge is 0.245 e. The van der Waals surface area contributed by atoms with Crippen LogP contribution in [-0.2, 0) is 4.74 Å². The number of hydrazone groups is 1. The highest BCUT2D eigenvalue weighted by Crippen LogP contribution is 2.25. The maximum Gasteiger partial charge on any atom is 0.245 e. The first-order valence-electron chi connectivity index (χ1n) is 11.7. The van der Waals surface area contributed by atoms with Gasteiger partial charge in [0.15, 0.2) is 0 Å². The summed E-state index contributed by atoms with van der Waals surface area (Å²) >= 11 is 0. The SMILES string of the molecule is Cc1cc(N2CCOCC2)nc(N/N=C/c2ccc(Nc3ccc(-c4cccc(O)c4)cc3)cn2)n1. The first kappa shape index (κ1) is 23.3. The highest BCUT2D eigenvalue weighted by Gasteiger charge is 2.14. The van der Waals surface area contributed by atoms with E-state index in [4.69, 9.17) is 4.74 Å². The minimum Gasteiger partial charge on any atom is -0.508 e. The van der Waals surface area contributed by atoms with Gasteiger partial charge in [0.2, 0.25) is 5.95 Å². The number of nitrogens with zero attached hydrogens (tertiary/aromatic N) is 5. The Morgan fingerprint density at radius 3 is 2.50 bits per heavy atom. The molecule has 2 aromatic heterocycles.